The maximum absolute atomic E-state index is 12.4. The maximum Gasteiger partial charge on any atom is 0.227 e. The molecule has 118 valence electrons. The summed E-state index contributed by atoms with van der Waals surface area (Å²) in [4.78, 5) is 12.4. The number of nitrogens with two attached hydrogens (primary N) is 1. The fraction of sp³-hybridized carbons (Fsp3) is 0.500. The molecule has 1 aromatic heterocycles. The zero-order valence-electron chi connectivity index (χ0n) is 13.2. The lowest BCUT2D eigenvalue weighted by atomic mass is 9.85. The molecule has 1 amide bonds. The van der Waals surface area contributed by atoms with E-state index < -0.39 is 0 Å². The molecule has 1 saturated carbocycles. The van der Waals surface area contributed by atoms with Crippen LogP contribution in [0.15, 0.2) is 30.5 Å². The Hall–Kier alpha value is -1.81. The molecule has 0 saturated heterocycles. The minimum absolute atomic E-state index is 0.0573. The Labute approximate surface area is 131 Å². The van der Waals surface area contributed by atoms with Crippen molar-refractivity contribution in [3.05, 3.63) is 30.5 Å². The van der Waals surface area contributed by atoms with Gasteiger partial charge in [0.2, 0.25) is 5.91 Å². The standard InChI is InChI=1S/C18H25N3O/c1-2-9-21-10-8-13-6-7-16(12-17(13)21)20-18(22)14-4-3-5-15(19)11-14/h6-8,10,12,14-15H,2-5,9,11,19H2,1H3,(H,20,22). The van der Waals surface area contributed by atoms with E-state index >= 15 is 0 Å². The second-order valence-corrected chi connectivity index (χ2v) is 6.40. The van der Waals surface area contributed by atoms with Gasteiger partial charge in [0, 0.05) is 30.4 Å². The summed E-state index contributed by atoms with van der Waals surface area (Å²) in [7, 11) is 0. The Kier molecular flexibility index (Phi) is 4.48. The Balaban J connectivity index is 1.75. The predicted molar refractivity (Wildman–Crippen MR) is 90.8 cm³/mol. The maximum atomic E-state index is 12.4. The van der Waals surface area contributed by atoms with Crippen molar-refractivity contribution in [3.63, 3.8) is 0 Å². The number of nitrogens with one attached hydrogen (secondary N) is 1. The van der Waals surface area contributed by atoms with Gasteiger partial charge in [0.25, 0.3) is 0 Å². The average molecular weight is 299 g/mol. The van der Waals surface area contributed by atoms with Gasteiger partial charge in [-0.25, -0.2) is 0 Å². The van der Waals surface area contributed by atoms with E-state index in [-0.39, 0.29) is 17.9 Å². The Bertz CT molecular complexity index is 661. The van der Waals surface area contributed by atoms with Crippen LogP contribution in [0, 0.1) is 5.92 Å². The van der Waals surface area contributed by atoms with Crippen LogP contribution >= 0.6 is 0 Å². The van der Waals surface area contributed by atoms with E-state index in [1.165, 1.54) is 10.9 Å². The van der Waals surface area contributed by atoms with Crippen LogP contribution in [0.3, 0.4) is 0 Å². The highest BCUT2D eigenvalue weighted by atomic mass is 16.1. The van der Waals surface area contributed by atoms with E-state index in [4.69, 9.17) is 5.73 Å². The summed E-state index contributed by atoms with van der Waals surface area (Å²) in [5.74, 6) is 0.171. The number of fused-ring (bicyclic) bond motifs is 1. The van der Waals surface area contributed by atoms with Crippen LogP contribution in [-0.4, -0.2) is 16.5 Å². The number of anilines is 1. The van der Waals surface area contributed by atoms with Crippen molar-refractivity contribution in [2.45, 2.75) is 51.6 Å². The SMILES string of the molecule is CCCn1ccc2ccc(NC(=O)C3CCCC(N)C3)cc21. The summed E-state index contributed by atoms with van der Waals surface area (Å²) in [5.41, 5.74) is 8.05. The molecule has 4 heteroatoms. The lowest BCUT2D eigenvalue weighted by molar-refractivity contribution is -0.120. The number of rotatable bonds is 4. The van der Waals surface area contributed by atoms with Gasteiger partial charge in [0.1, 0.15) is 0 Å². The fourth-order valence-electron chi connectivity index (χ4n) is 3.41. The number of nitrogens with zero attached hydrogens (tertiary/aromatic N) is 1. The van der Waals surface area contributed by atoms with Crippen molar-refractivity contribution >= 4 is 22.5 Å². The molecular formula is C18H25N3O. The monoisotopic (exact) mass is 299 g/mol. The molecular weight excluding hydrogens is 274 g/mol. The molecule has 2 aromatic rings. The van der Waals surface area contributed by atoms with E-state index in [0.29, 0.717) is 0 Å². The van der Waals surface area contributed by atoms with Gasteiger partial charge in [-0.05, 0) is 49.3 Å². The minimum atomic E-state index is 0.0573. The Morgan fingerprint density at radius 1 is 1.36 bits per heavy atom. The van der Waals surface area contributed by atoms with Crippen LogP contribution in [0.25, 0.3) is 10.9 Å². The van der Waals surface area contributed by atoms with Crippen molar-refractivity contribution in [1.82, 2.24) is 4.57 Å². The molecule has 4 nitrogen and oxygen atoms in total. The van der Waals surface area contributed by atoms with Gasteiger partial charge in [0.15, 0.2) is 0 Å². The fourth-order valence-corrected chi connectivity index (χ4v) is 3.41. The third kappa shape index (κ3) is 3.17. The summed E-state index contributed by atoms with van der Waals surface area (Å²) < 4.78 is 2.24. The lowest BCUT2D eigenvalue weighted by Crippen LogP contribution is -2.34. The van der Waals surface area contributed by atoms with Crippen molar-refractivity contribution in [1.29, 1.82) is 0 Å². The molecule has 22 heavy (non-hydrogen) atoms. The molecule has 3 N–H and O–H groups in total. The largest absolute Gasteiger partial charge is 0.347 e. The van der Waals surface area contributed by atoms with Gasteiger partial charge < -0.3 is 15.6 Å². The van der Waals surface area contributed by atoms with Gasteiger partial charge in [-0.2, -0.15) is 0 Å². The van der Waals surface area contributed by atoms with Gasteiger partial charge in [-0.1, -0.05) is 19.4 Å². The second-order valence-electron chi connectivity index (χ2n) is 6.40. The molecule has 0 aliphatic heterocycles. The molecule has 2 unspecified atom stereocenters. The zero-order chi connectivity index (χ0) is 15.5. The first-order valence-corrected chi connectivity index (χ1v) is 8.32. The number of hydrogen-bond donors (Lipinski definition) is 2. The number of aromatic nitrogens is 1. The van der Waals surface area contributed by atoms with Crippen LogP contribution in [0.4, 0.5) is 5.69 Å². The third-order valence-electron chi connectivity index (χ3n) is 4.59. The number of carbonyl (C=O) groups is 1. The van der Waals surface area contributed by atoms with Gasteiger partial charge in [-0.15, -0.1) is 0 Å². The Morgan fingerprint density at radius 3 is 3.00 bits per heavy atom. The van der Waals surface area contributed by atoms with E-state index in [1.807, 2.05) is 6.07 Å². The number of aryl methyl sites for hydroxylation is 1. The number of carbonyl (C=O) groups excluding carboxylic acids is 1. The van der Waals surface area contributed by atoms with E-state index in [2.05, 4.69) is 41.2 Å². The molecule has 1 aliphatic rings. The van der Waals surface area contributed by atoms with Crippen LogP contribution in [0.5, 0.6) is 0 Å². The van der Waals surface area contributed by atoms with Gasteiger partial charge in [-0.3, -0.25) is 4.79 Å². The zero-order valence-corrected chi connectivity index (χ0v) is 13.2. The molecule has 1 heterocycles. The topological polar surface area (TPSA) is 60.0 Å². The van der Waals surface area contributed by atoms with Crippen LogP contribution < -0.4 is 11.1 Å². The van der Waals surface area contributed by atoms with E-state index in [0.717, 1.165) is 44.3 Å². The second kappa shape index (κ2) is 6.53. The first kappa shape index (κ1) is 15.1. The molecule has 2 atom stereocenters. The quantitative estimate of drug-likeness (QED) is 0.907. The number of benzene rings is 1. The van der Waals surface area contributed by atoms with Crippen molar-refractivity contribution < 1.29 is 4.79 Å². The van der Waals surface area contributed by atoms with Gasteiger partial charge in [0.05, 0.1) is 5.52 Å². The highest BCUT2D eigenvalue weighted by Gasteiger charge is 2.25. The summed E-state index contributed by atoms with van der Waals surface area (Å²) in [5, 5.41) is 4.29. The number of amides is 1. The van der Waals surface area contributed by atoms with Crippen LogP contribution in [0.1, 0.15) is 39.0 Å². The highest BCUT2D eigenvalue weighted by Crippen LogP contribution is 2.26. The first-order chi connectivity index (χ1) is 10.7. The predicted octanol–water partition coefficient (Wildman–Crippen LogP) is 3.51. The molecule has 0 radical (unpaired) electrons. The summed E-state index contributed by atoms with van der Waals surface area (Å²) >= 11 is 0. The molecule has 1 aliphatic carbocycles. The van der Waals surface area contributed by atoms with Crippen LogP contribution in [-0.2, 0) is 11.3 Å². The summed E-state index contributed by atoms with van der Waals surface area (Å²) in [6, 6.07) is 8.43. The molecule has 3 rings (SSSR count). The van der Waals surface area contributed by atoms with Crippen molar-refractivity contribution in [3.8, 4) is 0 Å². The van der Waals surface area contributed by atoms with Crippen LogP contribution in [0.2, 0.25) is 0 Å². The number of hydrogen-bond acceptors (Lipinski definition) is 2. The molecule has 1 aromatic carbocycles. The van der Waals surface area contributed by atoms with E-state index in [9.17, 15) is 4.79 Å². The lowest BCUT2D eigenvalue weighted by Gasteiger charge is -2.25. The Morgan fingerprint density at radius 2 is 2.23 bits per heavy atom. The third-order valence-corrected chi connectivity index (χ3v) is 4.59. The van der Waals surface area contributed by atoms with Gasteiger partial charge >= 0.3 is 0 Å². The normalized spacial score (nSPS) is 21.9. The smallest absolute Gasteiger partial charge is 0.227 e. The van der Waals surface area contributed by atoms with E-state index in [1.54, 1.807) is 0 Å². The van der Waals surface area contributed by atoms with Crippen molar-refractivity contribution in [2.75, 3.05) is 5.32 Å². The molecule has 0 spiro atoms. The highest BCUT2D eigenvalue weighted by molar-refractivity contribution is 5.95. The summed E-state index contributed by atoms with van der Waals surface area (Å²) in [6.45, 7) is 3.17. The van der Waals surface area contributed by atoms with Crippen molar-refractivity contribution in [2.24, 2.45) is 11.7 Å². The molecule has 1 fully saturated rings. The summed E-state index contributed by atoms with van der Waals surface area (Å²) in [6.07, 6.45) is 7.06. The first-order valence-electron chi connectivity index (χ1n) is 8.32. The minimum Gasteiger partial charge on any atom is -0.347 e. The molecule has 0 bridgehead atoms. The average Bonchev–Trinajstić information content (AvgIpc) is 2.90.